The number of hydrogen-bond donors (Lipinski definition) is 2. The number of amides is 1. The summed E-state index contributed by atoms with van der Waals surface area (Å²) in [5, 5.41) is 10.1. The molecule has 0 saturated heterocycles. The zero-order valence-electron chi connectivity index (χ0n) is 12.4. The molecule has 2 N–H and O–H groups in total. The average Bonchev–Trinajstić information content (AvgIpc) is 3.00. The molecule has 6 nitrogen and oxygen atoms in total. The predicted molar refractivity (Wildman–Crippen MR) is 82.0 cm³/mol. The van der Waals surface area contributed by atoms with Gasteiger partial charge in [0.2, 0.25) is 5.91 Å². The Morgan fingerprint density at radius 2 is 2.10 bits per heavy atom. The summed E-state index contributed by atoms with van der Waals surface area (Å²) in [5.74, 6) is -0.0284. The van der Waals surface area contributed by atoms with Crippen LogP contribution in [-0.2, 0) is 11.3 Å². The highest BCUT2D eigenvalue weighted by Gasteiger charge is 2.04. The van der Waals surface area contributed by atoms with Crippen LogP contribution < -0.4 is 10.6 Å². The molecule has 1 unspecified atom stereocenters. The molecular weight excluding hydrogens is 266 g/mol. The van der Waals surface area contributed by atoms with Crippen LogP contribution in [0.3, 0.4) is 0 Å². The molecule has 0 radical (unpaired) electrons. The van der Waals surface area contributed by atoms with Crippen LogP contribution >= 0.6 is 0 Å². The van der Waals surface area contributed by atoms with Gasteiger partial charge in [-0.05, 0) is 31.0 Å². The Morgan fingerprint density at radius 1 is 1.33 bits per heavy atom. The average molecular weight is 287 g/mol. The van der Waals surface area contributed by atoms with Crippen molar-refractivity contribution >= 4 is 11.6 Å². The smallest absolute Gasteiger partial charge is 0.238 e. The quantitative estimate of drug-likeness (QED) is 0.812. The molecule has 0 aliphatic carbocycles. The molecular formula is C15H21N5O. The highest BCUT2D eigenvalue weighted by atomic mass is 16.1. The summed E-state index contributed by atoms with van der Waals surface area (Å²) < 4.78 is 1.75. The third-order valence-electron chi connectivity index (χ3n) is 3.27. The second-order valence-corrected chi connectivity index (χ2v) is 5.03. The fraction of sp³-hybridized carbons (Fsp3) is 0.400. The highest BCUT2D eigenvalue weighted by molar-refractivity contribution is 5.92. The van der Waals surface area contributed by atoms with Gasteiger partial charge in [-0.1, -0.05) is 19.1 Å². The van der Waals surface area contributed by atoms with Crippen molar-refractivity contribution in [1.29, 1.82) is 0 Å². The van der Waals surface area contributed by atoms with Gasteiger partial charge >= 0.3 is 0 Å². The lowest BCUT2D eigenvalue weighted by atomic mass is 10.2. The summed E-state index contributed by atoms with van der Waals surface area (Å²) >= 11 is 0. The second-order valence-electron chi connectivity index (χ2n) is 5.03. The van der Waals surface area contributed by atoms with Crippen molar-refractivity contribution in [2.24, 2.45) is 0 Å². The fourth-order valence-electron chi connectivity index (χ4n) is 1.81. The summed E-state index contributed by atoms with van der Waals surface area (Å²) in [5.41, 5.74) is 1.91. The summed E-state index contributed by atoms with van der Waals surface area (Å²) in [6.45, 7) is 5.15. The first-order valence-corrected chi connectivity index (χ1v) is 7.12. The van der Waals surface area contributed by atoms with Gasteiger partial charge in [0, 0.05) is 11.7 Å². The Kier molecular flexibility index (Phi) is 5.45. The fourth-order valence-corrected chi connectivity index (χ4v) is 1.81. The SMILES string of the molecule is CCC(C)NCC(=O)Nc1ccc(Cn2cncn2)cc1. The molecule has 1 atom stereocenters. The minimum Gasteiger partial charge on any atom is -0.325 e. The molecule has 0 bridgehead atoms. The van der Waals surface area contributed by atoms with Gasteiger partial charge in [0.15, 0.2) is 0 Å². The van der Waals surface area contributed by atoms with Crippen molar-refractivity contribution in [3.63, 3.8) is 0 Å². The molecule has 6 heteroatoms. The minimum atomic E-state index is -0.0284. The van der Waals surface area contributed by atoms with Gasteiger partial charge in [-0.15, -0.1) is 0 Å². The maximum Gasteiger partial charge on any atom is 0.238 e. The molecule has 0 saturated carbocycles. The number of hydrogen-bond acceptors (Lipinski definition) is 4. The maximum absolute atomic E-state index is 11.8. The van der Waals surface area contributed by atoms with Crippen LogP contribution in [-0.4, -0.2) is 33.3 Å². The molecule has 21 heavy (non-hydrogen) atoms. The normalized spacial score (nSPS) is 12.1. The largest absolute Gasteiger partial charge is 0.325 e. The van der Waals surface area contributed by atoms with Crippen molar-refractivity contribution in [3.8, 4) is 0 Å². The standard InChI is InChI=1S/C15H21N5O/c1-3-12(2)17-8-15(21)19-14-6-4-13(5-7-14)9-20-11-16-10-18-20/h4-7,10-12,17H,3,8-9H2,1-2H3,(H,19,21). The van der Waals surface area contributed by atoms with Crippen molar-refractivity contribution in [2.75, 3.05) is 11.9 Å². The Morgan fingerprint density at radius 3 is 2.71 bits per heavy atom. The lowest BCUT2D eigenvalue weighted by molar-refractivity contribution is -0.115. The zero-order chi connectivity index (χ0) is 15.1. The Bertz CT molecular complexity index is 550. The van der Waals surface area contributed by atoms with E-state index < -0.39 is 0 Å². The molecule has 0 spiro atoms. The Hall–Kier alpha value is -2.21. The van der Waals surface area contributed by atoms with E-state index in [0.29, 0.717) is 19.1 Å². The van der Waals surface area contributed by atoms with Crippen LogP contribution in [0.15, 0.2) is 36.9 Å². The summed E-state index contributed by atoms with van der Waals surface area (Å²) in [7, 11) is 0. The van der Waals surface area contributed by atoms with E-state index in [9.17, 15) is 4.79 Å². The first-order chi connectivity index (χ1) is 10.2. The van der Waals surface area contributed by atoms with E-state index in [1.807, 2.05) is 24.3 Å². The van der Waals surface area contributed by atoms with Gasteiger partial charge < -0.3 is 10.6 Å². The summed E-state index contributed by atoms with van der Waals surface area (Å²) in [4.78, 5) is 15.7. The molecule has 2 rings (SSSR count). The van der Waals surface area contributed by atoms with E-state index in [1.165, 1.54) is 6.33 Å². The van der Waals surface area contributed by atoms with Crippen molar-refractivity contribution < 1.29 is 4.79 Å². The van der Waals surface area contributed by atoms with E-state index in [1.54, 1.807) is 11.0 Å². The van der Waals surface area contributed by atoms with E-state index >= 15 is 0 Å². The molecule has 1 aromatic carbocycles. The minimum absolute atomic E-state index is 0.0284. The highest BCUT2D eigenvalue weighted by Crippen LogP contribution is 2.10. The lowest BCUT2D eigenvalue weighted by Gasteiger charge is -2.11. The second kappa shape index (κ2) is 7.54. The van der Waals surface area contributed by atoms with Gasteiger partial charge in [0.05, 0.1) is 13.1 Å². The first-order valence-electron chi connectivity index (χ1n) is 7.12. The van der Waals surface area contributed by atoms with Crippen LogP contribution in [0.5, 0.6) is 0 Å². The van der Waals surface area contributed by atoms with Crippen molar-refractivity contribution in [1.82, 2.24) is 20.1 Å². The first kappa shape index (κ1) is 15.2. The number of carbonyl (C=O) groups is 1. The summed E-state index contributed by atoms with van der Waals surface area (Å²) in [6.07, 6.45) is 4.19. The Balaban J connectivity index is 1.83. The topological polar surface area (TPSA) is 71.8 Å². The number of nitrogens with zero attached hydrogens (tertiary/aromatic N) is 3. The molecule has 0 fully saturated rings. The monoisotopic (exact) mass is 287 g/mol. The third kappa shape index (κ3) is 5.00. The van der Waals surface area contributed by atoms with Crippen LogP contribution in [0, 0.1) is 0 Å². The predicted octanol–water partition coefficient (Wildman–Crippen LogP) is 1.65. The van der Waals surface area contributed by atoms with Gasteiger partial charge in [-0.3, -0.25) is 4.79 Å². The zero-order valence-corrected chi connectivity index (χ0v) is 12.4. The van der Waals surface area contributed by atoms with Crippen molar-refractivity contribution in [3.05, 3.63) is 42.5 Å². The molecule has 1 aromatic heterocycles. The van der Waals surface area contributed by atoms with E-state index in [2.05, 4.69) is 34.6 Å². The lowest BCUT2D eigenvalue weighted by Crippen LogP contribution is -2.33. The molecule has 112 valence electrons. The van der Waals surface area contributed by atoms with Crippen LogP contribution in [0.1, 0.15) is 25.8 Å². The van der Waals surface area contributed by atoms with Gasteiger partial charge in [-0.25, -0.2) is 9.67 Å². The summed E-state index contributed by atoms with van der Waals surface area (Å²) in [6, 6.07) is 8.08. The molecule has 0 aliphatic rings. The van der Waals surface area contributed by atoms with Crippen LogP contribution in [0.25, 0.3) is 0 Å². The third-order valence-corrected chi connectivity index (χ3v) is 3.27. The number of anilines is 1. The number of benzene rings is 1. The molecule has 0 aliphatic heterocycles. The van der Waals surface area contributed by atoms with Gasteiger partial charge in [-0.2, -0.15) is 5.10 Å². The van der Waals surface area contributed by atoms with Crippen molar-refractivity contribution in [2.45, 2.75) is 32.9 Å². The van der Waals surface area contributed by atoms with Crippen LogP contribution in [0.2, 0.25) is 0 Å². The number of nitrogens with one attached hydrogen (secondary N) is 2. The molecule has 2 aromatic rings. The van der Waals surface area contributed by atoms with E-state index in [4.69, 9.17) is 0 Å². The van der Waals surface area contributed by atoms with Gasteiger partial charge in [0.25, 0.3) is 0 Å². The number of carbonyl (C=O) groups excluding carboxylic acids is 1. The van der Waals surface area contributed by atoms with Crippen LogP contribution in [0.4, 0.5) is 5.69 Å². The number of aromatic nitrogens is 3. The van der Waals surface area contributed by atoms with E-state index in [0.717, 1.165) is 17.7 Å². The molecule has 1 heterocycles. The van der Waals surface area contributed by atoms with Gasteiger partial charge in [0.1, 0.15) is 12.7 Å². The van der Waals surface area contributed by atoms with E-state index in [-0.39, 0.29) is 5.91 Å². The Labute approximate surface area is 124 Å². The molecule has 1 amide bonds. The number of rotatable bonds is 7. The maximum atomic E-state index is 11.8.